The number of nitrogens with zero attached hydrogens (tertiary/aromatic N) is 1. The molecule has 176 valence electrons. The average Bonchev–Trinajstić information content (AvgIpc) is 3.17. The molecule has 0 aromatic heterocycles. The number of likely N-dealkylation sites (tertiary alicyclic amines) is 1. The van der Waals surface area contributed by atoms with Gasteiger partial charge >= 0.3 is 5.97 Å². The Morgan fingerprint density at radius 3 is 2.48 bits per heavy atom. The molecule has 0 aliphatic carbocycles. The number of hydrogen-bond acceptors (Lipinski definition) is 6. The van der Waals surface area contributed by atoms with Gasteiger partial charge in [-0.3, -0.25) is 19.8 Å². The zero-order valence-corrected chi connectivity index (χ0v) is 18.1. The summed E-state index contributed by atoms with van der Waals surface area (Å²) in [5.41, 5.74) is 11.0. The van der Waals surface area contributed by atoms with E-state index in [1.54, 1.807) is 0 Å². The van der Waals surface area contributed by atoms with E-state index in [9.17, 15) is 24.3 Å². The molecule has 3 amide bonds. The second kappa shape index (κ2) is 12.7. The Balaban J connectivity index is 2.52. The first-order chi connectivity index (χ1) is 14.5. The molecule has 1 aliphatic rings. The van der Waals surface area contributed by atoms with E-state index in [1.165, 1.54) is 4.90 Å². The number of amides is 3. The Morgan fingerprint density at radius 2 is 1.90 bits per heavy atom. The number of carboxylic acids is 1. The van der Waals surface area contributed by atoms with Crippen LogP contribution in [-0.4, -0.2) is 77.4 Å². The van der Waals surface area contributed by atoms with Crippen LogP contribution in [0.25, 0.3) is 0 Å². The predicted molar refractivity (Wildman–Crippen MR) is 114 cm³/mol. The molecular formula is C19H35N7O5. The summed E-state index contributed by atoms with van der Waals surface area (Å²) in [6.07, 6.45) is 2.21. The molecule has 0 aromatic carbocycles. The van der Waals surface area contributed by atoms with Crippen LogP contribution >= 0.6 is 0 Å². The van der Waals surface area contributed by atoms with Gasteiger partial charge in [-0.1, -0.05) is 13.8 Å². The maximum Gasteiger partial charge on any atom is 0.326 e. The van der Waals surface area contributed by atoms with Crippen molar-refractivity contribution in [2.45, 2.75) is 64.1 Å². The van der Waals surface area contributed by atoms with E-state index >= 15 is 0 Å². The van der Waals surface area contributed by atoms with Crippen LogP contribution in [0.1, 0.15) is 46.0 Å². The first kappa shape index (κ1) is 26.1. The number of aliphatic carboxylic acids is 1. The van der Waals surface area contributed by atoms with Crippen LogP contribution in [0.2, 0.25) is 0 Å². The van der Waals surface area contributed by atoms with E-state index in [0.717, 1.165) is 0 Å². The predicted octanol–water partition coefficient (Wildman–Crippen LogP) is -1.70. The molecule has 3 atom stereocenters. The zero-order chi connectivity index (χ0) is 23.6. The highest BCUT2D eigenvalue weighted by molar-refractivity contribution is 5.93. The summed E-state index contributed by atoms with van der Waals surface area (Å²) < 4.78 is 0. The third kappa shape index (κ3) is 9.20. The van der Waals surface area contributed by atoms with Gasteiger partial charge in [0.05, 0.1) is 12.6 Å². The van der Waals surface area contributed by atoms with Crippen LogP contribution < -0.4 is 27.4 Å². The molecule has 0 spiro atoms. The standard InChI is InChI=1S/C19H35N7O5/c1-11(2)9-13(18(30)31)25-17(29)14-6-4-8-26(14)15(27)10-24-16(28)12(20)5-3-7-23-19(21)22/h11-14H,3-10,20H2,1-2H3,(H,24,28)(H,25,29)(H,30,31)(H4,21,22,23)/t12-,13-,14-/m0/s1. The van der Waals surface area contributed by atoms with Gasteiger partial charge in [-0.2, -0.15) is 0 Å². The molecular weight excluding hydrogens is 406 g/mol. The van der Waals surface area contributed by atoms with E-state index in [-0.39, 0.29) is 24.8 Å². The number of hydrogen-bond donors (Lipinski definition) is 7. The fourth-order valence-electron chi connectivity index (χ4n) is 3.37. The molecule has 1 rings (SSSR count). The quantitative estimate of drug-likeness (QED) is 0.105. The molecule has 0 saturated carbocycles. The van der Waals surface area contributed by atoms with Gasteiger partial charge in [0.1, 0.15) is 12.1 Å². The van der Waals surface area contributed by atoms with Gasteiger partial charge < -0.3 is 37.4 Å². The molecule has 31 heavy (non-hydrogen) atoms. The Kier molecular flexibility index (Phi) is 10.7. The number of rotatable bonds is 12. The van der Waals surface area contributed by atoms with Crippen molar-refractivity contribution in [2.75, 3.05) is 19.6 Å². The van der Waals surface area contributed by atoms with E-state index in [2.05, 4.69) is 16.0 Å². The van der Waals surface area contributed by atoms with Gasteiger partial charge in [0, 0.05) is 13.1 Å². The lowest BCUT2D eigenvalue weighted by atomic mass is 10.0. The van der Waals surface area contributed by atoms with Crippen molar-refractivity contribution in [2.24, 2.45) is 17.4 Å². The van der Waals surface area contributed by atoms with Crippen molar-refractivity contribution >= 4 is 29.7 Å². The second-order valence-electron chi connectivity index (χ2n) is 8.08. The highest BCUT2D eigenvalue weighted by atomic mass is 16.4. The lowest BCUT2D eigenvalue weighted by molar-refractivity contribution is -0.144. The number of carbonyl (C=O) groups excluding carboxylic acids is 3. The van der Waals surface area contributed by atoms with Crippen molar-refractivity contribution in [1.82, 2.24) is 20.9 Å². The van der Waals surface area contributed by atoms with Crippen LogP contribution in [-0.2, 0) is 19.2 Å². The van der Waals surface area contributed by atoms with Crippen LogP contribution in [0.3, 0.4) is 0 Å². The minimum atomic E-state index is -1.11. The van der Waals surface area contributed by atoms with Crippen LogP contribution in [0, 0.1) is 11.3 Å². The summed E-state index contributed by atoms with van der Waals surface area (Å²) in [5.74, 6) is -2.60. The lowest BCUT2D eigenvalue weighted by Crippen LogP contribution is -2.53. The molecule has 9 N–H and O–H groups in total. The first-order valence-electron chi connectivity index (χ1n) is 10.5. The molecule has 1 saturated heterocycles. The van der Waals surface area contributed by atoms with Crippen LogP contribution in [0.15, 0.2) is 0 Å². The van der Waals surface area contributed by atoms with E-state index in [1.807, 2.05) is 13.8 Å². The van der Waals surface area contributed by atoms with Crippen molar-refractivity contribution in [3.8, 4) is 0 Å². The minimum Gasteiger partial charge on any atom is -0.480 e. The SMILES string of the molecule is CC(C)C[C@H](NC(=O)[C@@H]1CCCN1C(=O)CNC(=O)[C@@H](N)CCCNC(=N)N)C(=O)O. The molecule has 12 nitrogen and oxygen atoms in total. The van der Waals surface area contributed by atoms with Gasteiger partial charge in [0.2, 0.25) is 17.7 Å². The average molecular weight is 442 g/mol. The monoisotopic (exact) mass is 441 g/mol. The van der Waals surface area contributed by atoms with E-state index in [0.29, 0.717) is 38.8 Å². The fourth-order valence-corrected chi connectivity index (χ4v) is 3.37. The lowest BCUT2D eigenvalue weighted by Gasteiger charge is -2.26. The molecule has 12 heteroatoms. The fraction of sp³-hybridized carbons (Fsp3) is 0.737. The highest BCUT2D eigenvalue weighted by Gasteiger charge is 2.36. The Morgan fingerprint density at radius 1 is 1.23 bits per heavy atom. The molecule has 1 heterocycles. The first-order valence-corrected chi connectivity index (χ1v) is 10.5. The number of guanidine groups is 1. The summed E-state index contributed by atoms with van der Waals surface area (Å²) >= 11 is 0. The maximum absolute atomic E-state index is 12.6. The van der Waals surface area contributed by atoms with Crippen molar-refractivity contribution in [1.29, 1.82) is 5.41 Å². The number of nitrogens with two attached hydrogens (primary N) is 2. The number of carbonyl (C=O) groups is 4. The van der Waals surface area contributed by atoms with Gasteiger partial charge in [-0.25, -0.2) is 4.79 Å². The normalized spacial score (nSPS) is 17.7. The summed E-state index contributed by atoms with van der Waals surface area (Å²) in [6.45, 7) is 4.20. The van der Waals surface area contributed by atoms with Gasteiger partial charge in [0.25, 0.3) is 0 Å². The van der Waals surface area contributed by atoms with Crippen LogP contribution in [0.4, 0.5) is 0 Å². The van der Waals surface area contributed by atoms with E-state index < -0.39 is 41.8 Å². The summed E-state index contributed by atoms with van der Waals surface area (Å²) in [6, 6.07) is -2.59. The third-order valence-electron chi connectivity index (χ3n) is 4.96. The van der Waals surface area contributed by atoms with Gasteiger partial charge in [0.15, 0.2) is 5.96 Å². The molecule has 0 aromatic rings. The zero-order valence-electron chi connectivity index (χ0n) is 18.1. The van der Waals surface area contributed by atoms with Gasteiger partial charge in [-0.05, 0) is 38.0 Å². The molecule has 1 fully saturated rings. The Bertz CT molecular complexity index is 670. The summed E-state index contributed by atoms with van der Waals surface area (Å²) in [7, 11) is 0. The summed E-state index contributed by atoms with van der Waals surface area (Å²) in [4.78, 5) is 50.0. The highest BCUT2D eigenvalue weighted by Crippen LogP contribution is 2.18. The molecule has 0 bridgehead atoms. The smallest absolute Gasteiger partial charge is 0.326 e. The van der Waals surface area contributed by atoms with Gasteiger partial charge in [-0.15, -0.1) is 0 Å². The maximum atomic E-state index is 12.6. The number of carboxylic acid groups (broad SMARTS) is 1. The second-order valence-corrected chi connectivity index (χ2v) is 8.08. The Hall–Kier alpha value is -2.89. The third-order valence-corrected chi connectivity index (χ3v) is 4.96. The van der Waals surface area contributed by atoms with Crippen molar-refractivity contribution in [3.63, 3.8) is 0 Å². The summed E-state index contributed by atoms with van der Waals surface area (Å²) in [5, 5.41) is 24.0. The molecule has 0 radical (unpaired) electrons. The van der Waals surface area contributed by atoms with Crippen LogP contribution in [0.5, 0.6) is 0 Å². The Labute approximate surface area is 182 Å². The number of nitrogens with one attached hydrogen (secondary N) is 4. The molecule has 0 unspecified atom stereocenters. The van der Waals surface area contributed by atoms with Crippen molar-refractivity contribution in [3.05, 3.63) is 0 Å². The van der Waals surface area contributed by atoms with Crippen molar-refractivity contribution < 1.29 is 24.3 Å². The van der Waals surface area contributed by atoms with E-state index in [4.69, 9.17) is 16.9 Å². The molecule has 1 aliphatic heterocycles. The largest absolute Gasteiger partial charge is 0.480 e. The minimum absolute atomic E-state index is 0.0837. The topological polar surface area (TPSA) is 204 Å².